The molecule has 0 bridgehead atoms. The Bertz CT molecular complexity index is 1050. The fourth-order valence-corrected chi connectivity index (χ4v) is 4.63. The molecule has 0 aromatic heterocycles. The van der Waals surface area contributed by atoms with Crippen LogP contribution in [-0.4, -0.2) is 39.9 Å². The molecule has 2 aliphatic rings. The molecule has 0 atom stereocenters. The second-order valence-corrected chi connectivity index (χ2v) is 8.60. The highest BCUT2D eigenvalue weighted by molar-refractivity contribution is 8.18. The zero-order valence-electron chi connectivity index (χ0n) is 15.2. The van der Waals surface area contributed by atoms with Crippen LogP contribution in [0.4, 0.5) is 4.79 Å². The number of halogens is 2. The molecule has 29 heavy (non-hydrogen) atoms. The van der Waals surface area contributed by atoms with E-state index in [1.165, 1.54) is 5.56 Å². The number of hydrogen-bond acceptors (Lipinski definition) is 4. The number of amides is 3. The van der Waals surface area contributed by atoms with Crippen LogP contribution >= 0.6 is 35.0 Å². The molecule has 4 rings (SSSR count). The van der Waals surface area contributed by atoms with Gasteiger partial charge in [-0.25, -0.2) is 0 Å². The number of thioether (sulfide) groups is 1. The lowest BCUT2D eigenvalue weighted by Gasteiger charge is -2.29. The van der Waals surface area contributed by atoms with E-state index in [-0.39, 0.29) is 17.4 Å². The summed E-state index contributed by atoms with van der Waals surface area (Å²) in [7, 11) is 0. The van der Waals surface area contributed by atoms with E-state index in [1.54, 1.807) is 29.2 Å². The topological polar surface area (TPSA) is 57.7 Å². The average Bonchev–Trinajstić information content (AvgIpc) is 2.97. The molecule has 0 saturated carbocycles. The number of benzene rings is 2. The molecule has 2 aromatic rings. The van der Waals surface area contributed by atoms with Crippen molar-refractivity contribution in [3.8, 4) is 0 Å². The average molecular weight is 447 g/mol. The van der Waals surface area contributed by atoms with Crippen LogP contribution in [0, 0.1) is 0 Å². The maximum absolute atomic E-state index is 12.7. The van der Waals surface area contributed by atoms with E-state index >= 15 is 0 Å². The maximum atomic E-state index is 12.7. The third-order valence-electron chi connectivity index (χ3n) is 4.90. The van der Waals surface area contributed by atoms with E-state index in [0.29, 0.717) is 28.7 Å². The largest absolute Gasteiger partial charge is 0.336 e. The van der Waals surface area contributed by atoms with Crippen molar-refractivity contribution in [2.45, 2.75) is 13.0 Å². The Morgan fingerprint density at radius 3 is 2.62 bits per heavy atom. The Hall–Kier alpha value is -2.28. The predicted octanol–water partition coefficient (Wildman–Crippen LogP) is 4.61. The van der Waals surface area contributed by atoms with Crippen molar-refractivity contribution in [3.05, 3.63) is 74.1 Å². The summed E-state index contributed by atoms with van der Waals surface area (Å²) in [5.41, 5.74) is 2.91. The first-order valence-corrected chi connectivity index (χ1v) is 10.5. The lowest BCUT2D eigenvalue weighted by Crippen LogP contribution is -2.44. The SMILES string of the molecule is O=C(CN1C(=O)S/C(=C\c2ccc(Cl)cc2Cl)C1=O)N1CCc2ccccc2C1. The summed E-state index contributed by atoms with van der Waals surface area (Å²) < 4.78 is 0. The molecule has 2 heterocycles. The second-order valence-electron chi connectivity index (χ2n) is 6.77. The number of carbonyl (C=O) groups is 3. The summed E-state index contributed by atoms with van der Waals surface area (Å²) in [6.07, 6.45) is 2.31. The van der Waals surface area contributed by atoms with Gasteiger partial charge in [-0.05, 0) is 53.1 Å². The minimum absolute atomic E-state index is 0.232. The van der Waals surface area contributed by atoms with Gasteiger partial charge in [-0.2, -0.15) is 0 Å². The normalized spacial score (nSPS) is 17.8. The second kappa shape index (κ2) is 8.22. The highest BCUT2D eigenvalue weighted by atomic mass is 35.5. The zero-order chi connectivity index (χ0) is 20.5. The molecule has 0 spiro atoms. The third-order valence-corrected chi connectivity index (χ3v) is 6.37. The van der Waals surface area contributed by atoms with Gasteiger partial charge in [-0.3, -0.25) is 19.3 Å². The summed E-state index contributed by atoms with van der Waals surface area (Å²) in [6.45, 7) is 0.794. The van der Waals surface area contributed by atoms with E-state index in [0.717, 1.165) is 28.6 Å². The third kappa shape index (κ3) is 4.20. The van der Waals surface area contributed by atoms with E-state index in [9.17, 15) is 14.4 Å². The monoisotopic (exact) mass is 446 g/mol. The first-order valence-electron chi connectivity index (χ1n) is 8.97. The van der Waals surface area contributed by atoms with Crippen molar-refractivity contribution in [2.24, 2.45) is 0 Å². The number of imide groups is 1. The van der Waals surface area contributed by atoms with Crippen LogP contribution in [0.2, 0.25) is 10.0 Å². The minimum atomic E-state index is -0.489. The molecule has 2 aromatic carbocycles. The lowest BCUT2D eigenvalue weighted by atomic mass is 10.00. The molecular weight excluding hydrogens is 431 g/mol. The quantitative estimate of drug-likeness (QED) is 0.645. The molecule has 8 heteroatoms. The summed E-state index contributed by atoms with van der Waals surface area (Å²) in [5.74, 6) is -0.732. The molecule has 0 radical (unpaired) electrons. The zero-order valence-corrected chi connectivity index (χ0v) is 17.6. The van der Waals surface area contributed by atoms with Crippen LogP contribution in [0.15, 0.2) is 47.4 Å². The van der Waals surface area contributed by atoms with Crippen LogP contribution in [0.3, 0.4) is 0 Å². The van der Waals surface area contributed by atoms with E-state index < -0.39 is 11.1 Å². The van der Waals surface area contributed by atoms with E-state index in [4.69, 9.17) is 23.2 Å². The number of rotatable bonds is 3. The fraction of sp³-hybridized carbons (Fsp3) is 0.190. The highest BCUT2D eigenvalue weighted by Crippen LogP contribution is 2.34. The number of carbonyl (C=O) groups excluding carboxylic acids is 3. The van der Waals surface area contributed by atoms with Crippen molar-refractivity contribution in [1.82, 2.24) is 9.80 Å². The van der Waals surface area contributed by atoms with Gasteiger partial charge in [0.1, 0.15) is 6.54 Å². The summed E-state index contributed by atoms with van der Waals surface area (Å²) in [4.78, 5) is 40.7. The predicted molar refractivity (Wildman–Crippen MR) is 115 cm³/mol. The molecule has 3 amide bonds. The van der Waals surface area contributed by atoms with Gasteiger partial charge in [-0.1, -0.05) is 53.5 Å². The van der Waals surface area contributed by atoms with Gasteiger partial charge in [-0.15, -0.1) is 0 Å². The molecule has 0 aliphatic carbocycles. The van der Waals surface area contributed by atoms with Gasteiger partial charge in [0.05, 0.1) is 4.91 Å². The summed E-state index contributed by atoms with van der Waals surface area (Å²) in [5, 5.41) is 0.401. The standard InChI is InChI=1S/C21H16Cl2N2O3S/c22-16-6-5-14(17(23)10-16)9-18-20(27)25(21(28)29-18)12-19(26)24-8-7-13-3-1-2-4-15(13)11-24/h1-6,9-10H,7-8,11-12H2/b18-9-. The van der Waals surface area contributed by atoms with Crippen LogP contribution in [0.5, 0.6) is 0 Å². The molecule has 0 unspecified atom stereocenters. The molecule has 2 aliphatic heterocycles. The van der Waals surface area contributed by atoms with Crippen LogP contribution in [0.1, 0.15) is 16.7 Å². The first kappa shape index (κ1) is 20.0. The first-order chi connectivity index (χ1) is 13.9. The van der Waals surface area contributed by atoms with E-state index in [2.05, 4.69) is 6.07 Å². The van der Waals surface area contributed by atoms with Crippen molar-refractivity contribution in [1.29, 1.82) is 0 Å². The minimum Gasteiger partial charge on any atom is -0.336 e. The highest BCUT2D eigenvalue weighted by Gasteiger charge is 2.37. The molecule has 1 saturated heterocycles. The Morgan fingerprint density at radius 2 is 1.86 bits per heavy atom. The van der Waals surface area contributed by atoms with Crippen LogP contribution in [-0.2, 0) is 22.6 Å². The molecule has 148 valence electrons. The van der Waals surface area contributed by atoms with Gasteiger partial charge in [0.25, 0.3) is 11.1 Å². The Balaban J connectivity index is 1.47. The van der Waals surface area contributed by atoms with Gasteiger partial charge in [0.2, 0.25) is 5.91 Å². The maximum Gasteiger partial charge on any atom is 0.294 e. The number of nitrogens with zero attached hydrogens (tertiary/aromatic N) is 2. The summed E-state index contributed by atoms with van der Waals surface area (Å²) >= 11 is 12.8. The molecule has 5 nitrogen and oxygen atoms in total. The Labute approximate surface area is 182 Å². The van der Waals surface area contributed by atoms with E-state index in [1.807, 2.05) is 18.2 Å². The molecule has 0 N–H and O–H groups in total. The van der Waals surface area contributed by atoms with Crippen LogP contribution in [0.25, 0.3) is 6.08 Å². The van der Waals surface area contributed by atoms with Crippen molar-refractivity contribution in [2.75, 3.05) is 13.1 Å². The van der Waals surface area contributed by atoms with Gasteiger partial charge in [0.15, 0.2) is 0 Å². The van der Waals surface area contributed by atoms with Gasteiger partial charge >= 0.3 is 0 Å². The number of fused-ring (bicyclic) bond motifs is 1. The number of hydrogen-bond donors (Lipinski definition) is 0. The molecular formula is C21H16Cl2N2O3S. The fourth-order valence-electron chi connectivity index (χ4n) is 3.34. The van der Waals surface area contributed by atoms with Crippen LogP contribution < -0.4 is 0 Å². The summed E-state index contributed by atoms with van der Waals surface area (Å²) in [6, 6.07) is 12.9. The lowest BCUT2D eigenvalue weighted by molar-refractivity contribution is -0.136. The smallest absolute Gasteiger partial charge is 0.294 e. The van der Waals surface area contributed by atoms with Gasteiger partial charge < -0.3 is 4.90 Å². The molecule has 1 fully saturated rings. The van der Waals surface area contributed by atoms with Gasteiger partial charge in [0, 0.05) is 23.1 Å². The Morgan fingerprint density at radius 1 is 1.10 bits per heavy atom. The Kier molecular flexibility index (Phi) is 5.67. The van der Waals surface area contributed by atoms with Crippen molar-refractivity contribution in [3.63, 3.8) is 0 Å². The van der Waals surface area contributed by atoms with Crippen molar-refractivity contribution >= 4 is 58.1 Å². The van der Waals surface area contributed by atoms with Crippen molar-refractivity contribution < 1.29 is 14.4 Å².